The van der Waals surface area contributed by atoms with E-state index < -0.39 is 0 Å². The Hall–Kier alpha value is -2.39. The van der Waals surface area contributed by atoms with Crippen LogP contribution in [0.25, 0.3) is 0 Å². The Morgan fingerprint density at radius 2 is 2.26 bits per heavy atom. The summed E-state index contributed by atoms with van der Waals surface area (Å²) in [4.78, 5) is 24.8. The Balaban J connectivity index is 1.57. The molecule has 0 spiro atoms. The number of amides is 1. The third-order valence-electron chi connectivity index (χ3n) is 4.56. The quantitative estimate of drug-likeness (QED) is 0.697. The van der Waals surface area contributed by atoms with Crippen LogP contribution in [0.3, 0.4) is 0 Å². The maximum atomic E-state index is 13.1. The second kappa shape index (κ2) is 7.69. The average Bonchev–Trinajstić information content (AvgIpc) is 3.42. The van der Waals surface area contributed by atoms with E-state index in [1.165, 1.54) is 11.5 Å². The molecule has 9 heteroatoms. The number of carbonyl (C=O) groups excluding carboxylic acids is 1. The van der Waals surface area contributed by atoms with Gasteiger partial charge in [0.1, 0.15) is 10.7 Å². The van der Waals surface area contributed by atoms with Crippen LogP contribution in [0.1, 0.15) is 52.6 Å². The summed E-state index contributed by atoms with van der Waals surface area (Å²) < 4.78 is 3.96. The van der Waals surface area contributed by atoms with Crippen molar-refractivity contribution in [2.45, 2.75) is 39.2 Å². The molecule has 4 heterocycles. The first-order valence-electron chi connectivity index (χ1n) is 8.94. The summed E-state index contributed by atoms with van der Waals surface area (Å²) in [5, 5.41) is 10.1. The van der Waals surface area contributed by atoms with E-state index in [1.807, 2.05) is 42.3 Å². The van der Waals surface area contributed by atoms with Gasteiger partial charge in [0.05, 0.1) is 23.1 Å². The number of aromatic nitrogens is 4. The first kappa shape index (κ1) is 18.0. The van der Waals surface area contributed by atoms with Crippen LogP contribution >= 0.6 is 22.9 Å². The van der Waals surface area contributed by atoms with Crippen LogP contribution in [-0.4, -0.2) is 36.9 Å². The molecule has 1 saturated heterocycles. The van der Waals surface area contributed by atoms with Crippen molar-refractivity contribution in [3.63, 3.8) is 0 Å². The third-order valence-corrected chi connectivity index (χ3v) is 6.20. The molecule has 1 N–H and O–H groups in total. The molecule has 4 rings (SSSR count). The third kappa shape index (κ3) is 3.70. The number of hydrogen-bond donors (Lipinski definition) is 1. The molecule has 1 amide bonds. The molecule has 1 aliphatic rings. The smallest absolute Gasteiger partial charge is 0.268 e. The number of carbonyl (C=O) groups is 1. The summed E-state index contributed by atoms with van der Waals surface area (Å²) in [7, 11) is 0. The molecule has 0 saturated carbocycles. The van der Waals surface area contributed by atoms with Gasteiger partial charge in [-0.3, -0.25) is 4.79 Å². The predicted molar refractivity (Wildman–Crippen MR) is 107 cm³/mol. The minimum Gasteiger partial charge on any atom is -0.329 e. The summed E-state index contributed by atoms with van der Waals surface area (Å²) in [6, 6.07) is 5.85. The van der Waals surface area contributed by atoms with Crippen molar-refractivity contribution in [1.82, 2.24) is 24.5 Å². The minimum absolute atomic E-state index is 0.0139. The lowest BCUT2D eigenvalue weighted by Crippen LogP contribution is -2.31. The van der Waals surface area contributed by atoms with Crippen LogP contribution in [0.5, 0.6) is 0 Å². The number of pyridine rings is 1. The molecular weight excluding hydrogens is 380 g/mol. The Kier molecular flexibility index (Phi) is 5.13. The SMILES string of the molecule is CCc1nnsc1C(=O)N1CCC[C@H]1c1cccc(Nc2nc(C)cs2)n1. The van der Waals surface area contributed by atoms with Crippen LogP contribution in [-0.2, 0) is 6.42 Å². The molecule has 7 nitrogen and oxygen atoms in total. The van der Waals surface area contributed by atoms with Crippen molar-refractivity contribution >= 4 is 39.7 Å². The molecule has 0 bridgehead atoms. The monoisotopic (exact) mass is 400 g/mol. The highest BCUT2D eigenvalue weighted by atomic mass is 32.1. The number of aryl methyl sites for hydroxylation is 2. The summed E-state index contributed by atoms with van der Waals surface area (Å²) in [6.07, 6.45) is 2.59. The van der Waals surface area contributed by atoms with Crippen molar-refractivity contribution in [1.29, 1.82) is 0 Å². The second-order valence-corrected chi connectivity index (χ2v) is 8.04. The van der Waals surface area contributed by atoms with E-state index in [4.69, 9.17) is 4.98 Å². The van der Waals surface area contributed by atoms with E-state index in [1.54, 1.807) is 11.3 Å². The van der Waals surface area contributed by atoms with Crippen molar-refractivity contribution in [3.8, 4) is 0 Å². The molecular formula is C18H20N6OS2. The summed E-state index contributed by atoms with van der Waals surface area (Å²) in [5.74, 6) is 0.759. The summed E-state index contributed by atoms with van der Waals surface area (Å²) >= 11 is 2.73. The van der Waals surface area contributed by atoms with Crippen molar-refractivity contribution in [3.05, 3.63) is 45.5 Å². The molecule has 1 atom stereocenters. The summed E-state index contributed by atoms with van der Waals surface area (Å²) in [6.45, 7) is 4.69. The van der Waals surface area contributed by atoms with Gasteiger partial charge >= 0.3 is 0 Å². The van der Waals surface area contributed by atoms with E-state index in [-0.39, 0.29) is 11.9 Å². The first-order valence-corrected chi connectivity index (χ1v) is 10.6. The second-order valence-electron chi connectivity index (χ2n) is 6.43. The molecule has 3 aromatic heterocycles. The highest BCUT2D eigenvalue weighted by molar-refractivity contribution is 7.13. The molecule has 1 aliphatic heterocycles. The lowest BCUT2D eigenvalue weighted by molar-refractivity contribution is 0.0736. The Morgan fingerprint density at radius 1 is 1.37 bits per heavy atom. The van der Waals surface area contributed by atoms with Crippen molar-refractivity contribution < 1.29 is 4.79 Å². The number of anilines is 2. The van der Waals surface area contributed by atoms with E-state index in [9.17, 15) is 4.79 Å². The lowest BCUT2D eigenvalue weighted by atomic mass is 10.1. The number of nitrogens with zero attached hydrogens (tertiary/aromatic N) is 5. The van der Waals surface area contributed by atoms with Crippen LogP contribution in [0.15, 0.2) is 23.6 Å². The van der Waals surface area contributed by atoms with E-state index in [0.29, 0.717) is 11.3 Å². The fraction of sp³-hybridized carbons (Fsp3) is 0.389. The standard InChI is InChI=1S/C18H20N6OS2/c1-3-12-16(27-23-22-12)17(25)24-9-5-7-14(24)13-6-4-8-15(20-13)21-18-19-11(2)10-26-18/h4,6,8,10,14H,3,5,7,9H2,1-2H3,(H,19,20,21)/t14-/m0/s1. The Morgan fingerprint density at radius 3 is 3.04 bits per heavy atom. The van der Waals surface area contributed by atoms with E-state index in [0.717, 1.165) is 47.4 Å². The molecule has 0 unspecified atom stereocenters. The predicted octanol–water partition coefficient (Wildman–Crippen LogP) is 3.98. The Labute approximate surface area is 165 Å². The maximum absolute atomic E-state index is 13.1. The van der Waals surface area contributed by atoms with E-state index in [2.05, 4.69) is 19.9 Å². The molecule has 0 aliphatic carbocycles. The fourth-order valence-corrected chi connectivity index (χ4v) is 4.68. The number of hydrogen-bond acceptors (Lipinski definition) is 8. The minimum atomic E-state index is -0.0240. The van der Waals surface area contributed by atoms with Gasteiger partial charge in [-0.15, -0.1) is 16.4 Å². The zero-order valence-electron chi connectivity index (χ0n) is 15.2. The van der Waals surface area contributed by atoms with Gasteiger partial charge in [0.2, 0.25) is 0 Å². The molecule has 3 aromatic rings. The first-order chi connectivity index (χ1) is 13.2. The van der Waals surface area contributed by atoms with Gasteiger partial charge in [0.25, 0.3) is 5.91 Å². The van der Waals surface area contributed by atoms with Crippen LogP contribution in [0, 0.1) is 6.92 Å². The highest BCUT2D eigenvalue weighted by Crippen LogP contribution is 2.34. The maximum Gasteiger partial charge on any atom is 0.268 e. The normalized spacial score (nSPS) is 16.7. The van der Waals surface area contributed by atoms with Gasteiger partial charge in [0.15, 0.2) is 5.13 Å². The van der Waals surface area contributed by atoms with Gasteiger partial charge in [-0.25, -0.2) is 9.97 Å². The molecule has 140 valence electrons. The topological polar surface area (TPSA) is 83.9 Å². The van der Waals surface area contributed by atoms with Gasteiger partial charge < -0.3 is 10.2 Å². The molecule has 0 aromatic carbocycles. The van der Waals surface area contributed by atoms with Crippen molar-refractivity contribution in [2.24, 2.45) is 0 Å². The number of thiazole rings is 1. The van der Waals surface area contributed by atoms with Crippen molar-refractivity contribution in [2.75, 3.05) is 11.9 Å². The summed E-state index contributed by atoms with van der Waals surface area (Å²) in [5.41, 5.74) is 2.66. The van der Waals surface area contributed by atoms with E-state index >= 15 is 0 Å². The number of rotatable bonds is 5. The fourth-order valence-electron chi connectivity index (χ4n) is 3.28. The molecule has 0 radical (unpaired) electrons. The Bertz CT molecular complexity index is 953. The number of nitrogens with one attached hydrogen (secondary N) is 1. The van der Waals surface area contributed by atoms with Crippen LogP contribution in [0.2, 0.25) is 0 Å². The lowest BCUT2D eigenvalue weighted by Gasteiger charge is -2.24. The number of likely N-dealkylation sites (tertiary alicyclic amines) is 1. The van der Waals surface area contributed by atoms with Gasteiger partial charge in [-0.05, 0) is 49.9 Å². The van der Waals surface area contributed by atoms with Gasteiger partial charge in [-0.2, -0.15) is 0 Å². The zero-order chi connectivity index (χ0) is 18.8. The van der Waals surface area contributed by atoms with Crippen LogP contribution in [0.4, 0.5) is 10.9 Å². The zero-order valence-corrected chi connectivity index (χ0v) is 16.8. The average molecular weight is 401 g/mol. The molecule has 27 heavy (non-hydrogen) atoms. The van der Waals surface area contributed by atoms with Gasteiger partial charge in [0, 0.05) is 11.9 Å². The molecule has 1 fully saturated rings. The van der Waals surface area contributed by atoms with Gasteiger partial charge in [-0.1, -0.05) is 17.5 Å². The highest BCUT2D eigenvalue weighted by Gasteiger charge is 2.33. The largest absolute Gasteiger partial charge is 0.329 e. The van der Waals surface area contributed by atoms with Crippen LogP contribution < -0.4 is 5.32 Å².